The Bertz CT molecular complexity index is 2620. The third-order valence-electron chi connectivity index (χ3n) is 14.2. The molecule has 55 heavy (non-hydrogen) atoms. The summed E-state index contributed by atoms with van der Waals surface area (Å²) in [5.41, 5.74) is 14.8. The van der Waals surface area contributed by atoms with Crippen LogP contribution in [0.4, 0.5) is 17.1 Å². The third kappa shape index (κ3) is 4.78. The van der Waals surface area contributed by atoms with E-state index in [0.717, 1.165) is 23.7 Å². The molecule has 8 aromatic carbocycles. The third-order valence-corrected chi connectivity index (χ3v) is 14.2. The molecular formula is C54H43N. The van der Waals surface area contributed by atoms with Gasteiger partial charge in [0.15, 0.2) is 0 Å². The summed E-state index contributed by atoms with van der Waals surface area (Å²) in [6.07, 6.45) is 7.03. The Hall–Kier alpha value is -5.92. The van der Waals surface area contributed by atoms with Crippen LogP contribution in [0.25, 0.3) is 54.9 Å². The molecule has 4 fully saturated rings. The molecule has 1 heteroatoms. The van der Waals surface area contributed by atoms with Gasteiger partial charge in [0.25, 0.3) is 0 Å². The fourth-order valence-electron chi connectivity index (χ4n) is 12.1. The Kier molecular flexibility index (Phi) is 6.88. The van der Waals surface area contributed by atoms with Crippen LogP contribution in [-0.2, 0) is 5.41 Å². The largest absolute Gasteiger partial charge is 0.310 e. The number of hydrogen-bond donors (Lipinski definition) is 0. The van der Waals surface area contributed by atoms with Gasteiger partial charge in [0.1, 0.15) is 0 Å². The molecule has 4 bridgehead atoms. The maximum atomic E-state index is 2.62. The van der Waals surface area contributed by atoms with E-state index in [-0.39, 0.29) is 5.41 Å². The van der Waals surface area contributed by atoms with Crippen LogP contribution < -0.4 is 4.90 Å². The van der Waals surface area contributed by atoms with Gasteiger partial charge in [-0.05, 0) is 170 Å². The molecule has 0 radical (unpaired) electrons. The molecule has 13 rings (SSSR count). The van der Waals surface area contributed by atoms with Crippen LogP contribution in [0.15, 0.2) is 176 Å². The minimum absolute atomic E-state index is 0.126. The average Bonchev–Trinajstić information content (AvgIpc) is 3.53. The molecule has 4 saturated carbocycles. The summed E-state index contributed by atoms with van der Waals surface area (Å²) in [5, 5.41) is 5.10. The molecule has 0 saturated heterocycles. The first-order valence-corrected chi connectivity index (χ1v) is 20.4. The first-order chi connectivity index (χ1) is 27.2. The fourth-order valence-corrected chi connectivity index (χ4v) is 12.1. The topological polar surface area (TPSA) is 3.24 Å². The molecule has 264 valence electrons. The molecule has 0 heterocycles. The summed E-state index contributed by atoms with van der Waals surface area (Å²) >= 11 is 0. The van der Waals surface area contributed by atoms with Crippen LogP contribution in [0.1, 0.15) is 43.2 Å². The van der Waals surface area contributed by atoms with Crippen molar-refractivity contribution in [1.29, 1.82) is 0 Å². The van der Waals surface area contributed by atoms with Crippen LogP contribution >= 0.6 is 0 Å². The van der Waals surface area contributed by atoms with E-state index >= 15 is 0 Å². The Morgan fingerprint density at radius 1 is 0.345 bits per heavy atom. The van der Waals surface area contributed by atoms with E-state index in [1.54, 1.807) is 11.1 Å². The van der Waals surface area contributed by atoms with Crippen molar-refractivity contribution in [3.05, 3.63) is 187 Å². The van der Waals surface area contributed by atoms with Gasteiger partial charge < -0.3 is 4.90 Å². The molecule has 0 atom stereocenters. The maximum absolute atomic E-state index is 2.62. The summed E-state index contributed by atoms with van der Waals surface area (Å²) in [7, 11) is 0. The van der Waals surface area contributed by atoms with Crippen molar-refractivity contribution in [2.75, 3.05) is 4.90 Å². The van der Waals surface area contributed by atoms with Gasteiger partial charge in [0.05, 0.1) is 0 Å². The molecule has 5 aliphatic rings. The van der Waals surface area contributed by atoms with E-state index < -0.39 is 0 Å². The van der Waals surface area contributed by atoms with Gasteiger partial charge in [-0.25, -0.2) is 0 Å². The van der Waals surface area contributed by atoms with E-state index in [1.165, 1.54) is 104 Å². The van der Waals surface area contributed by atoms with Crippen LogP contribution in [-0.4, -0.2) is 0 Å². The molecule has 0 unspecified atom stereocenters. The molecule has 1 nitrogen and oxygen atoms in total. The Balaban J connectivity index is 0.991. The van der Waals surface area contributed by atoms with E-state index in [4.69, 9.17) is 0 Å². The fraction of sp³-hybridized carbons (Fsp3) is 0.185. The summed E-state index contributed by atoms with van der Waals surface area (Å²) in [4.78, 5) is 2.50. The molecule has 5 aliphatic carbocycles. The van der Waals surface area contributed by atoms with E-state index in [1.807, 2.05) is 0 Å². The van der Waals surface area contributed by atoms with Crippen molar-refractivity contribution in [3.63, 3.8) is 0 Å². The monoisotopic (exact) mass is 705 g/mol. The quantitative estimate of drug-likeness (QED) is 0.172. The second kappa shape index (κ2) is 12.0. The minimum Gasteiger partial charge on any atom is -0.310 e. The lowest BCUT2D eigenvalue weighted by atomic mass is 9.43. The molecule has 0 N–H and O–H groups in total. The standard InChI is InChI=1S/C54H43N/c1-3-9-41-32-43(15-13-37(41)7-1)39-17-21-47(22-18-39)55(48-23-19-40(20-24-48)44-16-14-38-8-2-4-10-42(38)33-44)49-25-26-51-50-11-5-6-12-52(50)54(53(51)34-49)45-28-35-27-36(30-45)31-46(54)29-35/h1-26,32-36,45-46H,27-31H2. The van der Waals surface area contributed by atoms with E-state index in [9.17, 15) is 0 Å². The van der Waals surface area contributed by atoms with Gasteiger partial charge >= 0.3 is 0 Å². The van der Waals surface area contributed by atoms with Gasteiger partial charge in [-0.1, -0.05) is 127 Å². The predicted molar refractivity (Wildman–Crippen MR) is 230 cm³/mol. The zero-order valence-corrected chi connectivity index (χ0v) is 31.0. The second-order valence-electron chi connectivity index (χ2n) is 17.0. The highest BCUT2D eigenvalue weighted by molar-refractivity contribution is 5.90. The first kappa shape index (κ1) is 31.4. The highest BCUT2D eigenvalue weighted by Crippen LogP contribution is 2.69. The summed E-state index contributed by atoms with van der Waals surface area (Å²) in [6.45, 7) is 0. The van der Waals surface area contributed by atoms with Gasteiger partial charge in [0.2, 0.25) is 0 Å². The average molecular weight is 706 g/mol. The number of fused-ring (bicyclic) bond motifs is 5. The minimum atomic E-state index is 0.126. The van der Waals surface area contributed by atoms with Gasteiger partial charge in [-0.2, -0.15) is 0 Å². The van der Waals surface area contributed by atoms with E-state index in [0.29, 0.717) is 0 Å². The molecular weight excluding hydrogens is 663 g/mol. The number of nitrogens with zero attached hydrogens (tertiary/aromatic N) is 1. The molecule has 0 amide bonds. The number of anilines is 3. The Morgan fingerprint density at radius 3 is 1.36 bits per heavy atom. The van der Waals surface area contributed by atoms with Gasteiger partial charge in [-0.3, -0.25) is 0 Å². The van der Waals surface area contributed by atoms with Crippen LogP contribution in [0, 0.1) is 23.7 Å². The first-order valence-electron chi connectivity index (χ1n) is 20.4. The highest BCUT2D eigenvalue weighted by Gasteiger charge is 2.61. The molecule has 0 aliphatic heterocycles. The van der Waals surface area contributed by atoms with Crippen LogP contribution in [0.2, 0.25) is 0 Å². The van der Waals surface area contributed by atoms with Crippen molar-refractivity contribution >= 4 is 38.6 Å². The summed E-state index contributed by atoms with van der Waals surface area (Å²) in [5.74, 6) is 3.31. The smallest absolute Gasteiger partial charge is 0.0465 e. The number of rotatable bonds is 5. The SMILES string of the molecule is c1ccc2c(c1)-c1ccc(N(c3ccc(-c4ccc5ccccc5c4)cc3)c3ccc(-c4ccc5ccccc5c4)cc3)cc1C21C2CC3CC(C2)CC1C3. The Labute approximate surface area is 323 Å². The van der Waals surface area contributed by atoms with Crippen molar-refractivity contribution < 1.29 is 0 Å². The normalized spacial score (nSPS) is 23.0. The highest BCUT2D eigenvalue weighted by atomic mass is 15.1. The van der Waals surface area contributed by atoms with Crippen LogP contribution in [0.3, 0.4) is 0 Å². The lowest BCUT2D eigenvalue weighted by Gasteiger charge is -2.61. The Morgan fingerprint density at radius 2 is 0.800 bits per heavy atom. The van der Waals surface area contributed by atoms with Crippen LogP contribution in [0.5, 0.6) is 0 Å². The molecule has 8 aromatic rings. The molecule has 1 spiro atoms. The van der Waals surface area contributed by atoms with E-state index in [2.05, 4.69) is 181 Å². The van der Waals surface area contributed by atoms with Crippen molar-refractivity contribution in [1.82, 2.24) is 0 Å². The lowest BCUT2D eigenvalue weighted by Crippen LogP contribution is -2.55. The predicted octanol–water partition coefficient (Wildman–Crippen LogP) is 14.5. The number of benzene rings is 8. The van der Waals surface area contributed by atoms with Crippen molar-refractivity contribution in [2.45, 2.75) is 37.5 Å². The van der Waals surface area contributed by atoms with Crippen molar-refractivity contribution in [3.8, 4) is 33.4 Å². The zero-order valence-electron chi connectivity index (χ0n) is 31.0. The molecule has 0 aromatic heterocycles. The van der Waals surface area contributed by atoms with Crippen molar-refractivity contribution in [2.24, 2.45) is 23.7 Å². The second-order valence-corrected chi connectivity index (χ2v) is 17.0. The lowest BCUT2D eigenvalue weighted by molar-refractivity contribution is -0.0399. The maximum Gasteiger partial charge on any atom is 0.0465 e. The number of hydrogen-bond acceptors (Lipinski definition) is 1. The van der Waals surface area contributed by atoms with Gasteiger partial charge in [-0.15, -0.1) is 0 Å². The zero-order chi connectivity index (χ0) is 36.1. The summed E-state index contributed by atoms with van der Waals surface area (Å²) in [6, 6.07) is 66.3. The summed E-state index contributed by atoms with van der Waals surface area (Å²) < 4.78 is 0. The van der Waals surface area contributed by atoms with Gasteiger partial charge in [0, 0.05) is 22.5 Å².